The van der Waals surface area contributed by atoms with Crippen LogP contribution in [0.5, 0.6) is 0 Å². The Labute approximate surface area is 136 Å². The summed E-state index contributed by atoms with van der Waals surface area (Å²) in [6, 6.07) is 0. The van der Waals surface area contributed by atoms with E-state index in [2.05, 4.69) is 10.1 Å². The number of hydrogen-bond acceptors (Lipinski definition) is 9. The fourth-order valence-electron chi connectivity index (χ4n) is 2.72. The van der Waals surface area contributed by atoms with E-state index in [0.29, 0.717) is 0 Å². The van der Waals surface area contributed by atoms with E-state index in [0.717, 1.165) is 17.1 Å². The zero-order valence-electron chi connectivity index (χ0n) is 13.2. The molecule has 0 spiro atoms. The number of ether oxygens (including phenoxy) is 3. The smallest absolute Gasteiger partial charge is 0.345 e. The number of aromatic amines is 1. The third-order valence-corrected chi connectivity index (χ3v) is 4.11. The van der Waals surface area contributed by atoms with Crippen molar-refractivity contribution in [2.75, 3.05) is 12.9 Å². The quantitative estimate of drug-likeness (QED) is 0.622. The van der Waals surface area contributed by atoms with E-state index in [4.69, 9.17) is 18.4 Å². The summed E-state index contributed by atoms with van der Waals surface area (Å²) in [4.78, 5) is 25.2. The fourth-order valence-corrected chi connectivity index (χ4v) is 3.11. The van der Waals surface area contributed by atoms with Gasteiger partial charge in [-0.25, -0.2) is 4.79 Å². The van der Waals surface area contributed by atoms with Crippen LogP contribution < -0.4 is 11.2 Å². The Kier molecular flexibility index (Phi) is 4.12. The molecule has 0 unspecified atom stereocenters. The van der Waals surface area contributed by atoms with Gasteiger partial charge in [-0.2, -0.15) is 18.2 Å². The summed E-state index contributed by atoms with van der Waals surface area (Å²) in [6.45, 7) is 3.06. The second-order valence-electron chi connectivity index (χ2n) is 6.00. The lowest BCUT2D eigenvalue weighted by molar-refractivity contribution is -0.201. The van der Waals surface area contributed by atoms with Crippen LogP contribution in [-0.4, -0.2) is 60.1 Å². The monoisotopic (exact) mass is 363 g/mol. The van der Waals surface area contributed by atoms with Gasteiger partial charge >= 0.3 is 5.69 Å². The van der Waals surface area contributed by atoms with Crippen molar-refractivity contribution in [2.24, 2.45) is 0 Å². The first kappa shape index (κ1) is 17.2. The molecular weight excluding hydrogens is 346 g/mol. The van der Waals surface area contributed by atoms with E-state index in [1.54, 1.807) is 13.8 Å². The molecule has 2 fully saturated rings. The van der Waals surface area contributed by atoms with Crippen molar-refractivity contribution in [3.8, 4) is 0 Å². The van der Waals surface area contributed by atoms with Crippen molar-refractivity contribution in [1.29, 1.82) is 0 Å². The van der Waals surface area contributed by atoms with Crippen molar-refractivity contribution in [3.05, 3.63) is 27.0 Å². The zero-order valence-corrected chi connectivity index (χ0v) is 14.0. The van der Waals surface area contributed by atoms with Crippen molar-refractivity contribution in [1.82, 2.24) is 14.8 Å². The standard InChI is InChI=1S/C12H17N3O8S/c1-12(2)22-8-6(5-20-24(3,18)19)21-10(9(8)23-12)15-11(17)14-7(16)4-13-15/h4,6,8-10H,5H2,1-3H3,(H,14,16,17)/t6-,8-,9+,10-/m0/s1. The summed E-state index contributed by atoms with van der Waals surface area (Å²) >= 11 is 0. The molecule has 3 rings (SSSR count). The van der Waals surface area contributed by atoms with Gasteiger partial charge in [-0.05, 0) is 13.8 Å². The highest BCUT2D eigenvalue weighted by molar-refractivity contribution is 7.85. The molecule has 1 aromatic heterocycles. The summed E-state index contributed by atoms with van der Waals surface area (Å²) < 4.78 is 45.2. The lowest BCUT2D eigenvalue weighted by atomic mass is 10.1. The van der Waals surface area contributed by atoms with Gasteiger partial charge in [0.15, 0.2) is 12.0 Å². The maximum Gasteiger partial charge on any atom is 0.347 e. The predicted molar refractivity (Wildman–Crippen MR) is 77.6 cm³/mol. The van der Waals surface area contributed by atoms with Gasteiger partial charge in [-0.1, -0.05) is 0 Å². The highest BCUT2D eigenvalue weighted by Crippen LogP contribution is 2.42. The lowest BCUT2D eigenvalue weighted by Gasteiger charge is -2.24. The van der Waals surface area contributed by atoms with Crippen LogP contribution in [0.15, 0.2) is 15.8 Å². The molecule has 0 aliphatic carbocycles. The first-order valence-corrected chi connectivity index (χ1v) is 8.91. The minimum atomic E-state index is -3.67. The molecule has 134 valence electrons. The lowest BCUT2D eigenvalue weighted by Crippen LogP contribution is -2.39. The minimum Gasteiger partial charge on any atom is -0.345 e. The van der Waals surface area contributed by atoms with Crippen LogP contribution in [-0.2, 0) is 28.5 Å². The highest BCUT2D eigenvalue weighted by atomic mass is 32.2. The fraction of sp³-hybridized carbons (Fsp3) is 0.750. The normalized spacial score (nSPS) is 32.0. The average Bonchev–Trinajstić information content (AvgIpc) is 2.90. The van der Waals surface area contributed by atoms with E-state index >= 15 is 0 Å². The summed E-state index contributed by atoms with van der Waals surface area (Å²) in [6.07, 6.45) is -1.31. The minimum absolute atomic E-state index is 0.298. The summed E-state index contributed by atoms with van der Waals surface area (Å²) in [5.74, 6) is -0.952. The number of nitrogens with one attached hydrogen (secondary N) is 1. The molecule has 0 aromatic carbocycles. The molecule has 2 aliphatic heterocycles. The maximum atomic E-state index is 11.9. The van der Waals surface area contributed by atoms with Crippen LogP contribution in [0.2, 0.25) is 0 Å². The van der Waals surface area contributed by atoms with Crippen molar-refractivity contribution in [2.45, 2.75) is 44.2 Å². The van der Waals surface area contributed by atoms with Gasteiger partial charge in [0.05, 0.1) is 12.9 Å². The van der Waals surface area contributed by atoms with Crippen LogP contribution >= 0.6 is 0 Å². The van der Waals surface area contributed by atoms with Gasteiger partial charge in [0.1, 0.15) is 24.5 Å². The van der Waals surface area contributed by atoms with E-state index in [9.17, 15) is 18.0 Å². The van der Waals surface area contributed by atoms with Crippen LogP contribution in [0.4, 0.5) is 0 Å². The van der Waals surface area contributed by atoms with Gasteiger partial charge in [-0.3, -0.25) is 14.0 Å². The van der Waals surface area contributed by atoms with Crippen molar-refractivity contribution in [3.63, 3.8) is 0 Å². The van der Waals surface area contributed by atoms with Crippen molar-refractivity contribution >= 4 is 10.1 Å². The molecule has 1 aromatic rings. The molecular formula is C12H17N3O8S. The summed E-state index contributed by atoms with van der Waals surface area (Å²) in [5.41, 5.74) is -1.42. The molecule has 0 saturated carbocycles. The SMILES string of the molecule is CC1(C)O[C@@H]2[C@@H](O1)[C@@H](n1ncc(=O)[nH]c1=O)O[C@H]2COS(C)(=O)=O. The Balaban J connectivity index is 1.90. The van der Waals surface area contributed by atoms with E-state index in [1.165, 1.54) is 0 Å². The topological polar surface area (TPSA) is 139 Å². The molecule has 1 N–H and O–H groups in total. The molecule has 11 nitrogen and oxygen atoms in total. The zero-order chi connectivity index (χ0) is 17.7. The molecule has 2 saturated heterocycles. The van der Waals surface area contributed by atoms with E-state index < -0.39 is 51.7 Å². The number of H-pyrrole nitrogens is 1. The largest absolute Gasteiger partial charge is 0.347 e. The Morgan fingerprint density at radius 1 is 1.33 bits per heavy atom. The molecule has 0 radical (unpaired) electrons. The number of aromatic nitrogens is 3. The van der Waals surface area contributed by atoms with E-state index in [1.807, 2.05) is 0 Å². The average molecular weight is 363 g/mol. The highest BCUT2D eigenvalue weighted by Gasteiger charge is 2.56. The summed E-state index contributed by atoms with van der Waals surface area (Å²) in [7, 11) is -3.67. The number of nitrogens with zero attached hydrogens (tertiary/aromatic N) is 2. The Bertz CT molecular complexity index is 844. The maximum absolute atomic E-state index is 11.9. The van der Waals surface area contributed by atoms with E-state index in [-0.39, 0.29) is 6.61 Å². The second-order valence-corrected chi connectivity index (χ2v) is 7.65. The molecule has 3 heterocycles. The van der Waals surface area contributed by atoms with Gasteiger partial charge in [-0.15, -0.1) is 0 Å². The Morgan fingerprint density at radius 3 is 2.62 bits per heavy atom. The molecule has 24 heavy (non-hydrogen) atoms. The number of hydrogen-bond donors (Lipinski definition) is 1. The molecule has 12 heteroatoms. The molecule has 4 atom stereocenters. The van der Waals surface area contributed by atoms with Gasteiger partial charge in [0.2, 0.25) is 0 Å². The first-order chi connectivity index (χ1) is 11.1. The van der Waals surface area contributed by atoms with Crippen LogP contribution in [0.1, 0.15) is 20.1 Å². The van der Waals surface area contributed by atoms with Crippen LogP contribution in [0, 0.1) is 0 Å². The van der Waals surface area contributed by atoms with Gasteiger partial charge in [0, 0.05) is 0 Å². The second kappa shape index (κ2) is 5.74. The Hall–Kier alpha value is -1.60. The van der Waals surface area contributed by atoms with Crippen molar-refractivity contribution < 1.29 is 26.8 Å². The van der Waals surface area contributed by atoms with Gasteiger partial charge < -0.3 is 14.2 Å². The van der Waals surface area contributed by atoms with Gasteiger partial charge in [0.25, 0.3) is 15.7 Å². The predicted octanol–water partition coefficient (Wildman–Crippen LogP) is -1.67. The third-order valence-electron chi connectivity index (χ3n) is 3.55. The number of rotatable bonds is 4. The number of fused-ring (bicyclic) bond motifs is 1. The molecule has 0 bridgehead atoms. The first-order valence-electron chi connectivity index (χ1n) is 7.09. The molecule has 2 aliphatic rings. The third kappa shape index (κ3) is 3.42. The summed E-state index contributed by atoms with van der Waals surface area (Å²) in [5, 5.41) is 3.75. The van der Waals surface area contributed by atoms with Crippen LogP contribution in [0.25, 0.3) is 0 Å². The Morgan fingerprint density at radius 2 is 2.00 bits per heavy atom. The van der Waals surface area contributed by atoms with Crippen LogP contribution in [0.3, 0.4) is 0 Å². The molecule has 0 amide bonds.